The van der Waals surface area contributed by atoms with E-state index in [4.69, 9.17) is 9.72 Å². The van der Waals surface area contributed by atoms with Gasteiger partial charge >= 0.3 is 0 Å². The molecule has 1 aromatic carbocycles. The van der Waals surface area contributed by atoms with Crippen molar-refractivity contribution in [2.45, 2.75) is 45.1 Å². The van der Waals surface area contributed by atoms with Crippen LogP contribution in [0.1, 0.15) is 37.9 Å². The van der Waals surface area contributed by atoms with Gasteiger partial charge in [-0.2, -0.15) is 0 Å². The summed E-state index contributed by atoms with van der Waals surface area (Å²) in [5, 5.41) is 3.65. The average molecular weight is 382 g/mol. The van der Waals surface area contributed by atoms with Gasteiger partial charge in [-0.1, -0.05) is 31.4 Å². The van der Waals surface area contributed by atoms with Gasteiger partial charge in [0.05, 0.1) is 12.8 Å². The zero-order chi connectivity index (χ0) is 19.3. The van der Waals surface area contributed by atoms with Gasteiger partial charge in [0.15, 0.2) is 0 Å². The fourth-order valence-electron chi connectivity index (χ4n) is 4.31. The molecule has 0 atom stereocenters. The highest BCUT2D eigenvalue weighted by atomic mass is 16.5. The molecule has 0 spiro atoms. The van der Waals surface area contributed by atoms with Crippen LogP contribution in [0.5, 0.6) is 5.75 Å². The van der Waals surface area contributed by atoms with Gasteiger partial charge in [-0.15, -0.1) is 0 Å². The lowest BCUT2D eigenvalue weighted by atomic mass is 9.95. The summed E-state index contributed by atoms with van der Waals surface area (Å²) in [7, 11) is 1.74. The van der Waals surface area contributed by atoms with Crippen LogP contribution in [0.3, 0.4) is 0 Å². The molecule has 28 heavy (non-hydrogen) atoms. The van der Waals surface area contributed by atoms with Crippen molar-refractivity contribution in [3.8, 4) is 5.75 Å². The summed E-state index contributed by atoms with van der Waals surface area (Å²) >= 11 is 0. The SMILES string of the molecule is COc1ccccc1N1CCN(c2cc(NC3CCCCC3)nc(C)n2)CC1. The van der Waals surface area contributed by atoms with Crippen molar-refractivity contribution in [1.82, 2.24) is 9.97 Å². The third-order valence-electron chi connectivity index (χ3n) is 5.81. The number of nitrogens with one attached hydrogen (secondary N) is 1. The van der Waals surface area contributed by atoms with Crippen molar-refractivity contribution in [2.24, 2.45) is 0 Å². The maximum absolute atomic E-state index is 5.53. The molecule has 4 rings (SSSR count). The standard InChI is InChI=1S/C22H31N5O/c1-17-23-21(25-18-8-4-3-5-9-18)16-22(24-17)27-14-12-26(13-15-27)19-10-6-7-11-20(19)28-2/h6-7,10-11,16,18H,3-5,8-9,12-15H2,1-2H3,(H,23,24,25). The monoisotopic (exact) mass is 381 g/mol. The third-order valence-corrected chi connectivity index (χ3v) is 5.81. The first-order valence-corrected chi connectivity index (χ1v) is 10.5. The summed E-state index contributed by atoms with van der Waals surface area (Å²) in [6.07, 6.45) is 6.49. The second-order valence-corrected chi connectivity index (χ2v) is 7.78. The lowest BCUT2D eigenvalue weighted by Crippen LogP contribution is -2.47. The topological polar surface area (TPSA) is 53.5 Å². The minimum atomic E-state index is 0.554. The Morgan fingerprint density at radius 3 is 2.43 bits per heavy atom. The van der Waals surface area contributed by atoms with E-state index in [-0.39, 0.29) is 0 Å². The molecule has 2 aliphatic rings. The molecule has 1 aromatic heterocycles. The van der Waals surface area contributed by atoms with Crippen LogP contribution in [-0.2, 0) is 0 Å². The Balaban J connectivity index is 1.42. The van der Waals surface area contributed by atoms with E-state index in [0.29, 0.717) is 6.04 Å². The number of rotatable bonds is 5. The van der Waals surface area contributed by atoms with Crippen molar-refractivity contribution in [1.29, 1.82) is 0 Å². The summed E-state index contributed by atoms with van der Waals surface area (Å²) in [5.41, 5.74) is 1.17. The number of hydrogen-bond donors (Lipinski definition) is 1. The van der Waals surface area contributed by atoms with Crippen LogP contribution in [0.4, 0.5) is 17.3 Å². The number of aromatic nitrogens is 2. The quantitative estimate of drug-likeness (QED) is 0.849. The number of benzene rings is 1. The predicted octanol–water partition coefficient (Wildman–Crippen LogP) is 3.86. The first-order chi connectivity index (χ1) is 13.7. The molecule has 0 radical (unpaired) electrons. The predicted molar refractivity (Wildman–Crippen MR) is 115 cm³/mol. The van der Waals surface area contributed by atoms with E-state index >= 15 is 0 Å². The number of anilines is 3. The minimum Gasteiger partial charge on any atom is -0.495 e. The smallest absolute Gasteiger partial charge is 0.142 e. The highest BCUT2D eigenvalue weighted by Crippen LogP contribution is 2.29. The normalized spacial score (nSPS) is 18.2. The fourth-order valence-corrected chi connectivity index (χ4v) is 4.31. The van der Waals surface area contributed by atoms with E-state index in [9.17, 15) is 0 Å². The van der Waals surface area contributed by atoms with Gasteiger partial charge in [0, 0.05) is 38.3 Å². The van der Waals surface area contributed by atoms with E-state index in [1.54, 1.807) is 7.11 Å². The number of hydrogen-bond acceptors (Lipinski definition) is 6. The zero-order valence-corrected chi connectivity index (χ0v) is 17.0. The third kappa shape index (κ3) is 4.32. The summed E-state index contributed by atoms with van der Waals surface area (Å²) in [6.45, 7) is 5.78. The molecule has 1 aliphatic carbocycles. The lowest BCUT2D eigenvalue weighted by molar-refractivity contribution is 0.413. The second kappa shape index (κ2) is 8.67. The first kappa shape index (κ1) is 18.8. The van der Waals surface area contributed by atoms with Gasteiger partial charge in [-0.25, -0.2) is 9.97 Å². The molecule has 2 fully saturated rings. The maximum Gasteiger partial charge on any atom is 0.142 e. The Hall–Kier alpha value is -2.50. The number of piperazine rings is 1. The van der Waals surface area contributed by atoms with Crippen LogP contribution in [0, 0.1) is 6.92 Å². The largest absolute Gasteiger partial charge is 0.495 e. The summed E-state index contributed by atoms with van der Waals surface area (Å²) < 4.78 is 5.53. The van der Waals surface area contributed by atoms with Gasteiger partial charge in [0.2, 0.25) is 0 Å². The lowest BCUT2D eigenvalue weighted by Gasteiger charge is -2.37. The van der Waals surface area contributed by atoms with Crippen molar-refractivity contribution >= 4 is 17.3 Å². The Bertz CT molecular complexity index is 782. The van der Waals surface area contributed by atoms with Crippen LogP contribution in [0.2, 0.25) is 0 Å². The summed E-state index contributed by atoms with van der Waals surface area (Å²) in [6, 6.07) is 10.9. The van der Waals surface area contributed by atoms with Crippen LogP contribution >= 0.6 is 0 Å². The number of para-hydroxylation sites is 2. The van der Waals surface area contributed by atoms with Crippen LogP contribution in [-0.4, -0.2) is 49.3 Å². The molecule has 2 heterocycles. The van der Waals surface area contributed by atoms with Gasteiger partial charge < -0.3 is 19.9 Å². The molecule has 1 aliphatic heterocycles. The van der Waals surface area contributed by atoms with Crippen molar-refractivity contribution in [3.63, 3.8) is 0 Å². The highest BCUT2D eigenvalue weighted by Gasteiger charge is 2.22. The molecule has 2 aromatic rings. The number of aryl methyl sites for hydroxylation is 1. The van der Waals surface area contributed by atoms with Crippen molar-refractivity contribution in [2.75, 3.05) is 48.4 Å². The van der Waals surface area contributed by atoms with E-state index in [1.807, 2.05) is 19.1 Å². The van der Waals surface area contributed by atoms with Gasteiger partial charge in [0.1, 0.15) is 23.2 Å². The second-order valence-electron chi connectivity index (χ2n) is 7.78. The van der Waals surface area contributed by atoms with E-state index in [0.717, 1.165) is 49.4 Å². The van der Waals surface area contributed by atoms with E-state index in [1.165, 1.54) is 37.8 Å². The molecule has 1 saturated carbocycles. The molecule has 0 unspecified atom stereocenters. The summed E-state index contributed by atoms with van der Waals surface area (Å²) in [4.78, 5) is 14.1. The van der Waals surface area contributed by atoms with Gasteiger partial charge in [-0.3, -0.25) is 0 Å². The molecule has 150 valence electrons. The molecular weight excluding hydrogens is 350 g/mol. The molecule has 6 nitrogen and oxygen atoms in total. The molecule has 1 N–H and O–H groups in total. The zero-order valence-electron chi connectivity index (χ0n) is 17.0. The summed E-state index contributed by atoms with van der Waals surface area (Å²) in [5.74, 6) is 3.78. The fraction of sp³-hybridized carbons (Fsp3) is 0.545. The van der Waals surface area contributed by atoms with Crippen LogP contribution in [0.25, 0.3) is 0 Å². The molecular formula is C22H31N5O. The molecule has 6 heteroatoms. The Labute approximate surface area is 167 Å². The van der Waals surface area contributed by atoms with E-state index < -0.39 is 0 Å². The van der Waals surface area contributed by atoms with E-state index in [2.05, 4.69) is 38.3 Å². The maximum atomic E-state index is 5.53. The average Bonchev–Trinajstić information content (AvgIpc) is 2.74. The molecule has 1 saturated heterocycles. The van der Waals surface area contributed by atoms with Gasteiger partial charge in [-0.05, 0) is 31.9 Å². The molecule has 0 amide bonds. The number of ether oxygens (including phenoxy) is 1. The molecule has 0 bridgehead atoms. The number of methoxy groups -OCH3 is 1. The number of nitrogens with zero attached hydrogens (tertiary/aromatic N) is 4. The van der Waals surface area contributed by atoms with Crippen molar-refractivity contribution < 1.29 is 4.74 Å². The Kier molecular flexibility index (Phi) is 5.84. The van der Waals surface area contributed by atoms with Crippen LogP contribution < -0.4 is 19.9 Å². The van der Waals surface area contributed by atoms with Crippen molar-refractivity contribution in [3.05, 3.63) is 36.2 Å². The first-order valence-electron chi connectivity index (χ1n) is 10.5. The Morgan fingerprint density at radius 1 is 0.964 bits per heavy atom. The minimum absolute atomic E-state index is 0.554. The Morgan fingerprint density at radius 2 is 1.68 bits per heavy atom. The van der Waals surface area contributed by atoms with Crippen LogP contribution in [0.15, 0.2) is 30.3 Å². The van der Waals surface area contributed by atoms with Gasteiger partial charge in [0.25, 0.3) is 0 Å². The highest BCUT2D eigenvalue weighted by molar-refractivity contribution is 5.60.